The maximum atomic E-state index is 11.1. The number of aromatic nitrogens is 3. The van der Waals surface area contributed by atoms with Crippen LogP contribution in [-0.4, -0.2) is 26.0 Å². The number of fused-ring (bicyclic) bond motifs is 1. The van der Waals surface area contributed by atoms with Crippen LogP contribution in [-0.2, 0) is 0 Å². The van der Waals surface area contributed by atoms with Crippen LogP contribution in [0.4, 0.5) is 5.95 Å². The normalized spacial score (nSPS) is 10.5. The van der Waals surface area contributed by atoms with E-state index >= 15 is 0 Å². The van der Waals surface area contributed by atoms with Crippen molar-refractivity contribution < 1.29 is 14.6 Å². The summed E-state index contributed by atoms with van der Waals surface area (Å²) in [7, 11) is 0. The molecule has 104 valence electrons. The summed E-state index contributed by atoms with van der Waals surface area (Å²) in [6.07, 6.45) is 2.93. The maximum Gasteiger partial charge on any atom is 0.355 e. The van der Waals surface area contributed by atoms with Gasteiger partial charge in [0.15, 0.2) is 5.69 Å². The van der Waals surface area contributed by atoms with Gasteiger partial charge in [0.05, 0.1) is 0 Å². The van der Waals surface area contributed by atoms with Crippen LogP contribution in [0.15, 0.2) is 42.7 Å². The molecular weight excluding hydrogens is 272 g/mol. The smallest absolute Gasteiger partial charge is 0.355 e. The molecule has 0 bridgehead atoms. The van der Waals surface area contributed by atoms with Gasteiger partial charge in [-0.2, -0.15) is 4.98 Å². The lowest BCUT2D eigenvalue weighted by Gasteiger charge is -2.07. The average molecular weight is 282 g/mol. The Balaban J connectivity index is 2.00. The van der Waals surface area contributed by atoms with Crippen molar-refractivity contribution >= 4 is 22.7 Å². The van der Waals surface area contributed by atoms with E-state index in [1.54, 1.807) is 30.3 Å². The highest BCUT2D eigenvalue weighted by Gasteiger charge is 2.10. The number of nitrogens with zero attached hydrogens (tertiary/aromatic N) is 3. The summed E-state index contributed by atoms with van der Waals surface area (Å²) in [6.45, 7) is 0. The Morgan fingerprint density at radius 2 is 1.95 bits per heavy atom. The van der Waals surface area contributed by atoms with Gasteiger partial charge in [0.1, 0.15) is 5.75 Å². The average Bonchev–Trinajstić information content (AvgIpc) is 2.46. The number of carboxylic acids is 1. The summed E-state index contributed by atoms with van der Waals surface area (Å²) in [5.41, 5.74) is 5.49. The molecule has 0 atom stereocenters. The molecule has 0 saturated carbocycles. The lowest BCUT2D eigenvalue weighted by atomic mass is 10.1. The van der Waals surface area contributed by atoms with Crippen molar-refractivity contribution in [2.24, 2.45) is 0 Å². The molecule has 0 aliphatic rings. The van der Waals surface area contributed by atoms with Gasteiger partial charge in [-0.15, -0.1) is 0 Å². The first-order chi connectivity index (χ1) is 10.1. The Kier molecular flexibility index (Phi) is 3.07. The summed E-state index contributed by atoms with van der Waals surface area (Å²) in [6, 6.07) is 8.29. The number of carboxylic acid groups (broad SMARTS) is 1. The molecule has 0 unspecified atom stereocenters. The predicted molar refractivity (Wildman–Crippen MR) is 75.2 cm³/mol. The summed E-state index contributed by atoms with van der Waals surface area (Å²) >= 11 is 0. The lowest BCUT2D eigenvalue weighted by Crippen LogP contribution is -2.01. The Morgan fingerprint density at radius 3 is 2.71 bits per heavy atom. The van der Waals surface area contributed by atoms with E-state index < -0.39 is 5.97 Å². The van der Waals surface area contributed by atoms with Crippen LogP contribution < -0.4 is 10.5 Å². The number of hydrogen-bond donors (Lipinski definition) is 2. The minimum Gasteiger partial charge on any atom is -0.476 e. The molecule has 7 heteroatoms. The van der Waals surface area contributed by atoms with Crippen molar-refractivity contribution in [3.8, 4) is 11.6 Å². The fourth-order valence-corrected chi connectivity index (χ4v) is 1.92. The Labute approximate surface area is 119 Å². The van der Waals surface area contributed by atoms with Crippen LogP contribution in [0.2, 0.25) is 0 Å². The number of rotatable bonds is 3. The third-order valence-corrected chi connectivity index (χ3v) is 2.81. The Hall–Kier alpha value is -3.22. The summed E-state index contributed by atoms with van der Waals surface area (Å²) in [5.74, 6) is -0.124. The van der Waals surface area contributed by atoms with Gasteiger partial charge in [0.2, 0.25) is 11.8 Å². The van der Waals surface area contributed by atoms with E-state index in [-0.39, 0.29) is 11.6 Å². The molecule has 0 amide bonds. The molecule has 0 fully saturated rings. The highest BCUT2D eigenvalue weighted by Crippen LogP contribution is 2.25. The molecule has 0 radical (unpaired) electrons. The van der Waals surface area contributed by atoms with Crippen LogP contribution in [0.5, 0.6) is 11.6 Å². The molecule has 1 aromatic carbocycles. The van der Waals surface area contributed by atoms with Gasteiger partial charge in [-0.25, -0.2) is 14.8 Å². The topological polar surface area (TPSA) is 111 Å². The van der Waals surface area contributed by atoms with Gasteiger partial charge in [0.25, 0.3) is 0 Å². The second kappa shape index (κ2) is 5.04. The molecule has 0 spiro atoms. The number of carbonyl (C=O) groups is 1. The third kappa shape index (κ3) is 2.57. The number of nitrogen functional groups attached to an aromatic ring is 1. The van der Waals surface area contributed by atoms with Crippen molar-refractivity contribution in [2.45, 2.75) is 0 Å². The van der Waals surface area contributed by atoms with Crippen molar-refractivity contribution in [1.82, 2.24) is 15.0 Å². The SMILES string of the molecule is Nc1nccc(Oc2ccc3c(C(=O)O)nccc3c2)n1. The first-order valence-corrected chi connectivity index (χ1v) is 6.02. The summed E-state index contributed by atoms with van der Waals surface area (Å²) in [5, 5.41) is 10.3. The number of nitrogens with two attached hydrogens (primary N) is 1. The molecule has 21 heavy (non-hydrogen) atoms. The highest BCUT2D eigenvalue weighted by molar-refractivity contribution is 6.01. The van der Waals surface area contributed by atoms with Gasteiger partial charge in [0, 0.05) is 23.8 Å². The Bertz CT molecular complexity index is 835. The monoisotopic (exact) mass is 282 g/mol. The standard InChI is InChI=1S/C14H10N4O3/c15-14-17-6-4-11(18-14)21-9-1-2-10-8(7-9)3-5-16-12(10)13(19)20/h1-7H,(H,19,20)(H2,15,17,18). The number of pyridine rings is 1. The van der Waals surface area contributed by atoms with E-state index in [0.29, 0.717) is 22.4 Å². The molecule has 3 rings (SSSR count). The fraction of sp³-hybridized carbons (Fsp3) is 0. The second-order valence-electron chi connectivity index (χ2n) is 4.20. The molecule has 0 aliphatic heterocycles. The maximum absolute atomic E-state index is 11.1. The van der Waals surface area contributed by atoms with E-state index in [9.17, 15) is 4.79 Å². The summed E-state index contributed by atoms with van der Waals surface area (Å²) < 4.78 is 5.57. The second-order valence-corrected chi connectivity index (χ2v) is 4.20. The van der Waals surface area contributed by atoms with Gasteiger partial charge >= 0.3 is 5.97 Å². The first-order valence-electron chi connectivity index (χ1n) is 6.02. The van der Waals surface area contributed by atoms with E-state index in [4.69, 9.17) is 15.6 Å². The highest BCUT2D eigenvalue weighted by atomic mass is 16.5. The molecule has 0 saturated heterocycles. The lowest BCUT2D eigenvalue weighted by molar-refractivity contribution is 0.0693. The largest absolute Gasteiger partial charge is 0.476 e. The van der Waals surface area contributed by atoms with Crippen LogP contribution in [0, 0.1) is 0 Å². The number of hydrogen-bond acceptors (Lipinski definition) is 6. The number of aromatic carboxylic acids is 1. The minimum absolute atomic E-state index is 0.00494. The molecule has 3 aromatic rings. The van der Waals surface area contributed by atoms with Gasteiger partial charge < -0.3 is 15.6 Å². The number of ether oxygens (including phenoxy) is 1. The zero-order valence-electron chi connectivity index (χ0n) is 10.7. The van der Waals surface area contributed by atoms with Crippen molar-refractivity contribution in [3.05, 3.63) is 48.4 Å². The van der Waals surface area contributed by atoms with E-state index in [0.717, 1.165) is 0 Å². The Morgan fingerprint density at radius 1 is 1.14 bits per heavy atom. The summed E-state index contributed by atoms with van der Waals surface area (Å²) in [4.78, 5) is 22.7. The van der Waals surface area contributed by atoms with Crippen LogP contribution in [0.25, 0.3) is 10.8 Å². The first kappa shape index (κ1) is 12.8. The van der Waals surface area contributed by atoms with Crippen LogP contribution >= 0.6 is 0 Å². The zero-order valence-corrected chi connectivity index (χ0v) is 10.7. The van der Waals surface area contributed by atoms with Crippen molar-refractivity contribution in [1.29, 1.82) is 0 Å². The van der Waals surface area contributed by atoms with E-state index in [2.05, 4.69) is 15.0 Å². The minimum atomic E-state index is -1.07. The van der Waals surface area contributed by atoms with Gasteiger partial charge in [-0.3, -0.25) is 0 Å². The van der Waals surface area contributed by atoms with Gasteiger partial charge in [-0.05, 0) is 29.7 Å². The van der Waals surface area contributed by atoms with Crippen molar-refractivity contribution in [2.75, 3.05) is 5.73 Å². The van der Waals surface area contributed by atoms with Crippen LogP contribution in [0.1, 0.15) is 10.5 Å². The van der Waals surface area contributed by atoms with E-state index in [1.165, 1.54) is 12.4 Å². The zero-order chi connectivity index (χ0) is 14.8. The molecular formula is C14H10N4O3. The van der Waals surface area contributed by atoms with Crippen molar-refractivity contribution in [3.63, 3.8) is 0 Å². The fourth-order valence-electron chi connectivity index (χ4n) is 1.92. The predicted octanol–water partition coefficient (Wildman–Crippen LogP) is 2.10. The molecule has 2 heterocycles. The van der Waals surface area contributed by atoms with Crippen LogP contribution in [0.3, 0.4) is 0 Å². The van der Waals surface area contributed by atoms with Gasteiger partial charge in [-0.1, -0.05) is 0 Å². The van der Waals surface area contributed by atoms with E-state index in [1.807, 2.05) is 0 Å². The number of benzene rings is 1. The third-order valence-electron chi connectivity index (χ3n) is 2.81. The molecule has 7 nitrogen and oxygen atoms in total. The quantitative estimate of drug-likeness (QED) is 0.756. The number of anilines is 1. The molecule has 0 aliphatic carbocycles. The molecule has 3 N–H and O–H groups in total. The molecule has 2 aromatic heterocycles.